The van der Waals surface area contributed by atoms with Crippen molar-refractivity contribution >= 4 is 33.7 Å². The summed E-state index contributed by atoms with van der Waals surface area (Å²) in [7, 11) is 0. The highest BCUT2D eigenvalue weighted by atomic mass is 16.5. The fourth-order valence-electron chi connectivity index (χ4n) is 4.31. The molecule has 0 saturated carbocycles. The second-order valence-corrected chi connectivity index (χ2v) is 8.36. The molecule has 8 heteroatoms. The van der Waals surface area contributed by atoms with Gasteiger partial charge in [0.2, 0.25) is 5.91 Å². The molecule has 0 aliphatic rings. The summed E-state index contributed by atoms with van der Waals surface area (Å²) >= 11 is 0. The molecule has 0 spiro atoms. The second-order valence-electron chi connectivity index (χ2n) is 8.36. The van der Waals surface area contributed by atoms with Gasteiger partial charge in [0, 0.05) is 42.9 Å². The van der Waals surface area contributed by atoms with Crippen LogP contribution in [0.1, 0.15) is 45.1 Å². The molecule has 0 aliphatic heterocycles. The largest absolute Gasteiger partial charge is 0.465 e. The van der Waals surface area contributed by atoms with E-state index in [0.29, 0.717) is 43.5 Å². The molecule has 8 nitrogen and oxygen atoms in total. The first kappa shape index (κ1) is 23.5. The number of pyridine rings is 2. The normalized spacial score (nSPS) is 11.3. The summed E-state index contributed by atoms with van der Waals surface area (Å²) in [6.07, 6.45) is 6.78. The number of hydrogen-bond acceptors (Lipinski definition) is 6. The summed E-state index contributed by atoms with van der Waals surface area (Å²) in [5.41, 5.74) is 12.0. The van der Waals surface area contributed by atoms with Gasteiger partial charge in [-0.15, -0.1) is 0 Å². The number of nitrogen functional groups attached to an aromatic ring is 1. The van der Waals surface area contributed by atoms with Crippen molar-refractivity contribution in [3.63, 3.8) is 0 Å². The van der Waals surface area contributed by atoms with Gasteiger partial charge >= 0.3 is 0 Å². The number of aromatic nitrogens is 4. The standard InChI is InChI=1S/C26H32N6O2/c1-4-9-21(33)29-14-6-7-15-32-24-20-12-11-19(18-10-8-13-28-16-18)17(3)22(20)30-25(27)23(24)31-26(32)34-5-2/h8,10-13,16H,4-7,9,14-15H2,1-3H3,(H2,27,30)(H,29,33). The van der Waals surface area contributed by atoms with Gasteiger partial charge in [-0.3, -0.25) is 14.3 Å². The molecular formula is C26H32N6O2. The van der Waals surface area contributed by atoms with Crippen LogP contribution in [0.5, 0.6) is 6.01 Å². The van der Waals surface area contributed by atoms with Gasteiger partial charge in [0.25, 0.3) is 6.01 Å². The van der Waals surface area contributed by atoms with Crippen molar-refractivity contribution in [3.8, 4) is 17.1 Å². The molecule has 0 bridgehead atoms. The number of carbonyl (C=O) groups is 1. The molecule has 4 aromatic rings. The van der Waals surface area contributed by atoms with Crippen molar-refractivity contribution < 1.29 is 9.53 Å². The van der Waals surface area contributed by atoms with Crippen LogP contribution in [0.2, 0.25) is 0 Å². The Morgan fingerprint density at radius 2 is 2.00 bits per heavy atom. The molecular weight excluding hydrogens is 428 g/mol. The molecule has 0 atom stereocenters. The van der Waals surface area contributed by atoms with E-state index in [4.69, 9.17) is 15.5 Å². The van der Waals surface area contributed by atoms with Gasteiger partial charge in [0.15, 0.2) is 5.82 Å². The number of anilines is 1. The van der Waals surface area contributed by atoms with E-state index in [1.54, 1.807) is 6.20 Å². The molecule has 0 aliphatic carbocycles. The lowest BCUT2D eigenvalue weighted by molar-refractivity contribution is -0.121. The number of ether oxygens (including phenoxy) is 1. The number of rotatable bonds is 10. The van der Waals surface area contributed by atoms with Crippen LogP contribution in [0.25, 0.3) is 33.1 Å². The lowest BCUT2D eigenvalue weighted by Crippen LogP contribution is -2.24. The predicted molar refractivity (Wildman–Crippen MR) is 136 cm³/mol. The number of benzene rings is 1. The Kier molecular flexibility index (Phi) is 7.25. The van der Waals surface area contributed by atoms with E-state index in [1.807, 2.05) is 32.2 Å². The van der Waals surface area contributed by atoms with Gasteiger partial charge in [0.05, 0.1) is 17.6 Å². The molecule has 3 heterocycles. The van der Waals surface area contributed by atoms with Crippen LogP contribution in [0.3, 0.4) is 0 Å². The number of amides is 1. The summed E-state index contributed by atoms with van der Waals surface area (Å²) in [5, 5.41) is 3.97. The number of carbonyl (C=O) groups excluding carboxylic acids is 1. The maximum Gasteiger partial charge on any atom is 0.297 e. The van der Waals surface area contributed by atoms with Gasteiger partial charge in [-0.2, -0.15) is 4.98 Å². The highest BCUT2D eigenvalue weighted by Gasteiger charge is 2.20. The highest BCUT2D eigenvalue weighted by molar-refractivity contribution is 6.09. The zero-order valence-electron chi connectivity index (χ0n) is 20.1. The number of aryl methyl sites for hydroxylation is 2. The van der Waals surface area contributed by atoms with Crippen molar-refractivity contribution in [2.24, 2.45) is 0 Å². The second kappa shape index (κ2) is 10.5. The fraction of sp³-hybridized carbons (Fsp3) is 0.385. The first-order valence-corrected chi connectivity index (χ1v) is 11.9. The van der Waals surface area contributed by atoms with Crippen LogP contribution in [-0.2, 0) is 11.3 Å². The molecule has 1 amide bonds. The quantitative estimate of drug-likeness (QED) is 0.334. The van der Waals surface area contributed by atoms with Gasteiger partial charge in [0.1, 0.15) is 5.52 Å². The Morgan fingerprint density at radius 3 is 2.74 bits per heavy atom. The zero-order chi connectivity index (χ0) is 24.1. The summed E-state index contributed by atoms with van der Waals surface area (Å²) in [6.45, 7) is 7.88. The fourth-order valence-corrected chi connectivity index (χ4v) is 4.31. The molecule has 0 fully saturated rings. The van der Waals surface area contributed by atoms with Crippen molar-refractivity contribution in [1.82, 2.24) is 24.8 Å². The molecule has 3 N–H and O–H groups in total. The van der Waals surface area contributed by atoms with E-state index in [1.165, 1.54) is 0 Å². The van der Waals surface area contributed by atoms with Gasteiger partial charge < -0.3 is 15.8 Å². The van der Waals surface area contributed by atoms with Gasteiger partial charge in [-0.25, -0.2) is 4.98 Å². The molecule has 0 radical (unpaired) electrons. The smallest absolute Gasteiger partial charge is 0.297 e. The first-order chi connectivity index (χ1) is 16.5. The SMILES string of the molecule is CCCC(=O)NCCCCn1c(OCC)nc2c(N)nc3c(C)c(-c4cccnc4)ccc3c21. The topological polar surface area (TPSA) is 108 Å². The Labute approximate surface area is 199 Å². The molecule has 3 aromatic heterocycles. The van der Waals surface area contributed by atoms with Crippen molar-refractivity contribution in [2.45, 2.75) is 53.0 Å². The Bertz CT molecular complexity index is 1300. The number of nitrogens with one attached hydrogen (secondary N) is 1. The molecule has 1 aromatic carbocycles. The zero-order valence-corrected chi connectivity index (χ0v) is 20.1. The first-order valence-electron chi connectivity index (χ1n) is 11.9. The average molecular weight is 461 g/mol. The number of nitrogens with zero attached hydrogens (tertiary/aromatic N) is 4. The lowest BCUT2D eigenvalue weighted by atomic mass is 9.98. The number of nitrogens with two attached hydrogens (primary N) is 1. The number of fused-ring (bicyclic) bond motifs is 3. The summed E-state index contributed by atoms with van der Waals surface area (Å²) in [5.74, 6) is 0.496. The monoisotopic (exact) mass is 460 g/mol. The minimum atomic E-state index is 0.107. The molecule has 0 unspecified atom stereocenters. The van der Waals surface area contributed by atoms with Crippen LogP contribution in [0.4, 0.5) is 5.82 Å². The van der Waals surface area contributed by atoms with Crippen molar-refractivity contribution in [1.29, 1.82) is 0 Å². The van der Waals surface area contributed by atoms with E-state index in [0.717, 1.165) is 52.4 Å². The van der Waals surface area contributed by atoms with E-state index < -0.39 is 0 Å². The van der Waals surface area contributed by atoms with E-state index in [2.05, 4.69) is 38.9 Å². The lowest BCUT2D eigenvalue weighted by Gasteiger charge is -2.13. The third-order valence-electron chi connectivity index (χ3n) is 5.95. The van der Waals surface area contributed by atoms with Crippen molar-refractivity contribution in [2.75, 3.05) is 18.9 Å². The third kappa shape index (κ3) is 4.66. The van der Waals surface area contributed by atoms with Crippen LogP contribution in [0.15, 0.2) is 36.7 Å². The highest BCUT2D eigenvalue weighted by Crippen LogP contribution is 2.36. The summed E-state index contributed by atoms with van der Waals surface area (Å²) in [6, 6.07) is 8.70. The maximum atomic E-state index is 11.7. The van der Waals surface area contributed by atoms with Crippen LogP contribution in [0, 0.1) is 6.92 Å². The van der Waals surface area contributed by atoms with E-state index in [-0.39, 0.29) is 5.91 Å². The predicted octanol–water partition coefficient (Wildman–Crippen LogP) is 4.63. The third-order valence-corrected chi connectivity index (χ3v) is 5.95. The summed E-state index contributed by atoms with van der Waals surface area (Å²) in [4.78, 5) is 25.4. The number of unbranched alkanes of at least 4 members (excludes halogenated alkanes) is 1. The van der Waals surface area contributed by atoms with Crippen LogP contribution >= 0.6 is 0 Å². The molecule has 0 saturated heterocycles. The van der Waals surface area contributed by atoms with E-state index >= 15 is 0 Å². The van der Waals surface area contributed by atoms with Crippen molar-refractivity contribution in [3.05, 3.63) is 42.2 Å². The summed E-state index contributed by atoms with van der Waals surface area (Å²) < 4.78 is 7.96. The molecule has 34 heavy (non-hydrogen) atoms. The minimum Gasteiger partial charge on any atom is -0.465 e. The number of hydrogen-bond donors (Lipinski definition) is 2. The number of imidazole rings is 1. The van der Waals surface area contributed by atoms with Gasteiger partial charge in [-0.05, 0) is 56.4 Å². The average Bonchev–Trinajstić information content (AvgIpc) is 3.20. The van der Waals surface area contributed by atoms with Crippen LogP contribution in [-0.4, -0.2) is 38.6 Å². The van der Waals surface area contributed by atoms with Crippen LogP contribution < -0.4 is 15.8 Å². The maximum absolute atomic E-state index is 11.7. The van der Waals surface area contributed by atoms with E-state index in [9.17, 15) is 4.79 Å². The Balaban J connectivity index is 1.72. The molecule has 4 rings (SSSR count). The Hall–Kier alpha value is -3.68. The minimum absolute atomic E-state index is 0.107. The molecule has 178 valence electrons. The Morgan fingerprint density at radius 1 is 1.15 bits per heavy atom. The van der Waals surface area contributed by atoms with Gasteiger partial charge in [-0.1, -0.05) is 19.1 Å².